The van der Waals surface area contributed by atoms with Crippen molar-refractivity contribution >= 4 is 52.0 Å². The number of nitrogens with one attached hydrogen (secondary N) is 5. The Morgan fingerprint density at radius 2 is 1.71 bits per heavy atom. The molecule has 0 spiro atoms. The Bertz CT molecular complexity index is 1800. The van der Waals surface area contributed by atoms with Crippen LogP contribution in [0, 0.1) is 18.8 Å². The fraction of sp³-hybridized carbons (Fsp3) is 0.361. The molecule has 48 heavy (non-hydrogen) atoms. The van der Waals surface area contributed by atoms with Gasteiger partial charge in [-0.1, -0.05) is 41.9 Å². The van der Waals surface area contributed by atoms with Gasteiger partial charge in [0.25, 0.3) is 5.91 Å². The minimum Gasteiger partial charge on any atom is -0.465 e. The van der Waals surface area contributed by atoms with Gasteiger partial charge in [-0.15, -0.1) is 0 Å². The van der Waals surface area contributed by atoms with Crippen LogP contribution >= 0.6 is 11.6 Å². The van der Waals surface area contributed by atoms with Crippen LogP contribution in [0.1, 0.15) is 61.0 Å². The number of nitrogens with zero attached hydrogens (tertiary/aromatic N) is 1. The van der Waals surface area contributed by atoms with Gasteiger partial charge in [0.15, 0.2) is 0 Å². The quantitative estimate of drug-likeness (QED) is 0.113. The second-order valence-corrected chi connectivity index (χ2v) is 13.2. The number of anilines is 1. The lowest BCUT2D eigenvalue weighted by Gasteiger charge is -2.29. The van der Waals surface area contributed by atoms with Crippen molar-refractivity contribution in [3.63, 3.8) is 0 Å². The molecule has 4 aromatic rings. The molecule has 3 aromatic carbocycles. The van der Waals surface area contributed by atoms with Gasteiger partial charge in [-0.25, -0.2) is 4.79 Å². The van der Waals surface area contributed by atoms with Gasteiger partial charge < -0.3 is 26.4 Å². The van der Waals surface area contributed by atoms with Crippen LogP contribution < -0.4 is 21.3 Å². The second-order valence-electron chi connectivity index (χ2n) is 12.8. The Kier molecular flexibility index (Phi) is 11.0. The molecule has 1 saturated carbocycles. The van der Waals surface area contributed by atoms with Crippen LogP contribution in [0.15, 0.2) is 60.8 Å². The number of hydrogen-bond donors (Lipinski definition) is 6. The summed E-state index contributed by atoms with van der Waals surface area (Å²) in [6.45, 7) is 6.18. The summed E-state index contributed by atoms with van der Waals surface area (Å²) < 4.78 is 0. The lowest BCUT2D eigenvalue weighted by atomic mass is 9.81. The number of carbonyl (C=O) groups is 4. The molecule has 0 bridgehead atoms. The highest BCUT2D eigenvalue weighted by atomic mass is 35.5. The first-order valence-corrected chi connectivity index (χ1v) is 16.6. The van der Waals surface area contributed by atoms with E-state index in [-0.39, 0.29) is 42.0 Å². The summed E-state index contributed by atoms with van der Waals surface area (Å²) in [6.07, 6.45) is 3.49. The number of amides is 4. The summed E-state index contributed by atoms with van der Waals surface area (Å²) in [5.74, 6) is -0.782. The van der Waals surface area contributed by atoms with Crippen molar-refractivity contribution in [1.82, 2.24) is 26.1 Å². The number of carboxylic acid groups (broad SMARTS) is 1. The molecule has 0 unspecified atom stereocenters. The number of benzene rings is 3. The number of aromatic nitrogens is 2. The van der Waals surface area contributed by atoms with Gasteiger partial charge in [0.05, 0.1) is 16.7 Å². The molecule has 1 heterocycles. The molecule has 1 atom stereocenters. The SMILES string of the molecule is Cc1cc(C(=O)NC(C)C)ccc1-c1ccc(C[C@H](NC(=O)C2CCC(CNC(=O)O)CC2)C(=O)Nc2cc(Cl)c3cn[nH]c3c2)cc1. The minimum absolute atomic E-state index is 0.0431. The molecule has 0 radical (unpaired) electrons. The van der Waals surface area contributed by atoms with E-state index in [1.807, 2.05) is 63.2 Å². The zero-order valence-corrected chi connectivity index (χ0v) is 28.0. The van der Waals surface area contributed by atoms with Crippen molar-refractivity contribution in [1.29, 1.82) is 0 Å². The Balaban J connectivity index is 1.31. The standard InChI is InChI=1S/C36H41ClN6O5/c1-20(2)40-34(45)26-12-13-28(21(3)14-26)24-8-4-22(5-9-24)15-32(35(46)41-27-16-30(37)29-19-39-43-31(29)17-27)42-33(44)25-10-6-23(7-11-25)18-38-36(47)48/h4-5,8-9,12-14,16-17,19-20,23,25,32,38H,6-7,10-11,15,18H2,1-3H3,(H,39,43)(H,40,45)(H,41,46)(H,42,44)(H,47,48)/t23?,25?,32-/m0/s1. The Hall–Kier alpha value is -4.90. The largest absolute Gasteiger partial charge is 0.465 e. The lowest BCUT2D eigenvalue weighted by molar-refractivity contribution is -0.130. The van der Waals surface area contributed by atoms with Crippen LogP contribution in [0.5, 0.6) is 0 Å². The van der Waals surface area contributed by atoms with Crippen LogP contribution in [-0.2, 0) is 16.0 Å². The molecule has 12 heteroatoms. The monoisotopic (exact) mass is 672 g/mol. The third-order valence-corrected chi connectivity index (χ3v) is 9.09. The van der Waals surface area contributed by atoms with Gasteiger partial charge in [-0.3, -0.25) is 19.5 Å². The van der Waals surface area contributed by atoms with Crippen molar-refractivity contribution in [2.75, 3.05) is 11.9 Å². The summed E-state index contributed by atoms with van der Waals surface area (Å²) in [5.41, 5.74) is 5.53. The maximum atomic E-state index is 13.7. The smallest absolute Gasteiger partial charge is 0.404 e. The first-order valence-electron chi connectivity index (χ1n) is 16.2. The minimum atomic E-state index is -1.05. The fourth-order valence-electron chi connectivity index (χ4n) is 6.20. The highest BCUT2D eigenvalue weighted by molar-refractivity contribution is 6.35. The van der Waals surface area contributed by atoms with E-state index in [0.29, 0.717) is 41.2 Å². The molecule has 1 aliphatic rings. The van der Waals surface area contributed by atoms with Crippen molar-refractivity contribution in [2.45, 2.75) is 65.0 Å². The first-order chi connectivity index (χ1) is 23.0. The molecule has 1 aliphatic carbocycles. The molecule has 0 aliphatic heterocycles. The zero-order chi connectivity index (χ0) is 34.4. The number of hydrogen-bond acceptors (Lipinski definition) is 5. The van der Waals surface area contributed by atoms with E-state index < -0.39 is 12.1 Å². The van der Waals surface area contributed by atoms with Crippen molar-refractivity contribution in [3.8, 4) is 11.1 Å². The number of carbonyl (C=O) groups excluding carboxylic acids is 3. The average molecular weight is 673 g/mol. The lowest BCUT2D eigenvalue weighted by Crippen LogP contribution is -2.48. The van der Waals surface area contributed by atoms with Crippen LogP contribution in [0.3, 0.4) is 0 Å². The predicted molar refractivity (Wildman–Crippen MR) is 186 cm³/mol. The summed E-state index contributed by atoms with van der Waals surface area (Å²) in [7, 11) is 0. The highest BCUT2D eigenvalue weighted by Gasteiger charge is 2.30. The molecule has 1 aromatic heterocycles. The highest BCUT2D eigenvalue weighted by Crippen LogP contribution is 2.30. The topological polar surface area (TPSA) is 165 Å². The van der Waals surface area contributed by atoms with Crippen LogP contribution in [0.4, 0.5) is 10.5 Å². The molecule has 252 valence electrons. The predicted octanol–water partition coefficient (Wildman–Crippen LogP) is 6.07. The van der Waals surface area contributed by atoms with Crippen LogP contribution in [0.25, 0.3) is 22.0 Å². The van der Waals surface area contributed by atoms with E-state index in [9.17, 15) is 19.2 Å². The summed E-state index contributed by atoms with van der Waals surface area (Å²) in [6, 6.07) is 16.0. The van der Waals surface area contributed by atoms with E-state index in [1.165, 1.54) is 0 Å². The Labute approximate surface area is 284 Å². The van der Waals surface area contributed by atoms with E-state index >= 15 is 0 Å². The zero-order valence-electron chi connectivity index (χ0n) is 27.2. The molecule has 5 rings (SSSR count). The number of fused-ring (bicyclic) bond motifs is 1. The number of halogens is 1. The fourth-order valence-corrected chi connectivity index (χ4v) is 6.47. The number of H-pyrrole nitrogens is 1. The maximum Gasteiger partial charge on any atom is 0.404 e. The number of rotatable bonds is 11. The Morgan fingerprint density at radius 1 is 0.979 bits per heavy atom. The summed E-state index contributed by atoms with van der Waals surface area (Å²) >= 11 is 6.42. The van der Waals surface area contributed by atoms with Crippen LogP contribution in [0.2, 0.25) is 5.02 Å². The van der Waals surface area contributed by atoms with Gasteiger partial charge in [-0.05, 0) is 98.9 Å². The van der Waals surface area contributed by atoms with Crippen molar-refractivity contribution in [3.05, 3.63) is 82.5 Å². The summed E-state index contributed by atoms with van der Waals surface area (Å²) in [5, 5.41) is 28.2. The molecule has 4 amide bonds. The van der Waals surface area contributed by atoms with Crippen LogP contribution in [-0.4, -0.2) is 57.7 Å². The van der Waals surface area contributed by atoms with E-state index in [0.717, 1.165) is 40.5 Å². The molecule has 0 saturated heterocycles. The summed E-state index contributed by atoms with van der Waals surface area (Å²) in [4.78, 5) is 50.5. The molecular weight excluding hydrogens is 632 g/mol. The van der Waals surface area contributed by atoms with E-state index in [4.69, 9.17) is 16.7 Å². The number of aryl methyl sites for hydroxylation is 1. The van der Waals surface area contributed by atoms with Gasteiger partial charge in [0, 0.05) is 41.6 Å². The van der Waals surface area contributed by atoms with Crippen molar-refractivity contribution in [2.24, 2.45) is 11.8 Å². The normalized spacial score (nSPS) is 16.7. The van der Waals surface area contributed by atoms with E-state index in [1.54, 1.807) is 18.3 Å². The van der Waals surface area contributed by atoms with E-state index in [2.05, 4.69) is 31.5 Å². The van der Waals surface area contributed by atoms with Crippen molar-refractivity contribution < 1.29 is 24.3 Å². The van der Waals surface area contributed by atoms with Gasteiger partial charge in [-0.2, -0.15) is 5.10 Å². The molecular formula is C36H41ClN6O5. The molecule has 1 fully saturated rings. The second kappa shape index (κ2) is 15.3. The average Bonchev–Trinajstić information content (AvgIpc) is 3.53. The third kappa shape index (κ3) is 8.71. The molecule has 11 nitrogen and oxygen atoms in total. The van der Waals surface area contributed by atoms with Gasteiger partial charge in [0.1, 0.15) is 6.04 Å². The Morgan fingerprint density at radius 3 is 2.38 bits per heavy atom. The maximum absolute atomic E-state index is 13.7. The van der Waals surface area contributed by atoms with Gasteiger partial charge in [0.2, 0.25) is 11.8 Å². The number of aromatic amines is 1. The first kappa shape index (κ1) is 34.4. The third-order valence-electron chi connectivity index (χ3n) is 8.78. The van der Waals surface area contributed by atoms with Gasteiger partial charge >= 0.3 is 6.09 Å². The molecule has 6 N–H and O–H groups in total.